The topological polar surface area (TPSA) is 48.0 Å². The molecule has 0 fully saturated rings. The minimum Gasteiger partial charge on any atom is -0.326 e. The molecule has 3 heteroatoms. The molecule has 0 amide bonds. The highest BCUT2D eigenvalue weighted by Crippen LogP contribution is 2.23. The molecule has 1 aliphatic carbocycles. The van der Waals surface area contributed by atoms with Crippen LogP contribution in [0.2, 0.25) is 0 Å². The molecule has 3 nitrogen and oxygen atoms in total. The molecule has 0 aliphatic heterocycles. The normalized spacial score (nSPS) is 14.6. The summed E-state index contributed by atoms with van der Waals surface area (Å²) in [6.07, 6.45) is 5.61. The van der Waals surface area contributed by atoms with Crippen molar-refractivity contribution in [2.24, 2.45) is 5.73 Å². The van der Waals surface area contributed by atoms with Gasteiger partial charge in [-0.25, -0.2) is 0 Å². The molecule has 1 aromatic carbocycles. The molecular formula is C18H22N2O. The molecular weight excluding hydrogens is 260 g/mol. The Hall–Kier alpha value is -1.87. The van der Waals surface area contributed by atoms with Gasteiger partial charge in [0.15, 0.2) is 0 Å². The van der Waals surface area contributed by atoms with Crippen LogP contribution in [0.5, 0.6) is 0 Å². The number of aryl methyl sites for hydroxylation is 2. The van der Waals surface area contributed by atoms with Crippen LogP contribution in [0, 0.1) is 6.92 Å². The smallest absolute Gasteiger partial charge is 0.259 e. The highest BCUT2D eigenvalue weighted by atomic mass is 16.1. The van der Waals surface area contributed by atoms with Crippen LogP contribution in [0.25, 0.3) is 5.69 Å². The molecule has 3 rings (SSSR count). The van der Waals surface area contributed by atoms with Gasteiger partial charge in [0.25, 0.3) is 5.56 Å². The Bertz CT molecular complexity index is 716. The van der Waals surface area contributed by atoms with E-state index in [4.69, 9.17) is 5.73 Å². The van der Waals surface area contributed by atoms with Crippen LogP contribution in [0.3, 0.4) is 0 Å². The van der Waals surface area contributed by atoms with Crippen molar-refractivity contribution in [3.05, 3.63) is 63.1 Å². The Balaban J connectivity index is 2.29. The van der Waals surface area contributed by atoms with E-state index in [2.05, 4.69) is 19.1 Å². The van der Waals surface area contributed by atoms with Crippen molar-refractivity contribution >= 4 is 0 Å². The maximum Gasteiger partial charge on any atom is 0.259 e. The number of hydrogen-bond acceptors (Lipinski definition) is 2. The largest absolute Gasteiger partial charge is 0.326 e. The summed E-state index contributed by atoms with van der Waals surface area (Å²) in [6.45, 7) is 2.36. The molecule has 110 valence electrons. The molecule has 1 aromatic heterocycles. The van der Waals surface area contributed by atoms with Gasteiger partial charge in [0.1, 0.15) is 0 Å². The van der Waals surface area contributed by atoms with Gasteiger partial charge in [-0.15, -0.1) is 0 Å². The van der Waals surface area contributed by atoms with E-state index >= 15 is 0 Å². The summed E-state index contributed by atoms with van der Waals surface area (Å²) >= 11 is 0. The number of fused-ring (bicyclic) bond motifs is 1. The molecule has 0 saturated carbocycles. The summed E-state index contributed by atoms with van der Waals surface area (Å²) in [7, 11) is 0. The van der Waals surface area contributed by atoms with E-state index in [0.29, 0.717) is 6.54 Å². The third-order valence-corrected chi connectivity index (χ3v) is 4.31. The summed E-state index contributed by atoms with van der Waals surface area (Å²) in [5.74, 6) is 0. The summed E-state index contributed by atoms with van der Waals surface area (Å²) in [4.78, 5) is 12.8. The highest BCUT2D eigenvalue weighted by molar-refractivity contribution is 5.41. The first-order valence-corrected chi connectivity index (χ1v) is 7.74. The zero-order chi connectivity index (χ0) is 14.8. The standard InChI is InChI=1S/C18H22N2O/c1-13-6-5-8-16(10-13)20-17-9-4-2-3-7-14(17)11-15(12-19)18(20)21/h5-6,8,10-11H,2-4,7,9,12,19H2,1H3. The van der Waals surface area contributed by atoms with E-state index < -0.39 is 0 Å². The van der Waals surface area contributed by atoms with E-state index in [1.54, 1.807) is 0 Å². The second kappa shape index (κ2) is 5.86. The molecule has 0 atom stereocenters. The van der Waals surface area contributed by atoms with Crippen LogP contribution >= 0.6 is 0 Å². The maximum atomic E-state index is 12.8. The minimum atomic E-state index is 0.0451. The van der Waals surface area contributed by atoms with Crippen LogP contribution in [0.15, 0.2) is 35.1 Å². The fourth-order valence-corrected chi connectivity index (χ4v) is 3.23. The first-order valence-electron chi connectivity index (χ1n) is 7.74. The monoisotopic (exact) mass is 282 g/mol. The molecule has 0 spiro atoms. The SMILES string of the molecule is Cc1cccc(-n2c3c(cc(CN)c2=O)CCCCC3)c1. The van der Waals surface area contributed by atoms with Crippen LogP contribution < -0.4 is 11.3 Å². The van der Waals surface area contributed by atoms with Crippen LogP contribution in [0.4, 0.5) is 0 Å². The van der Waals surface area contributed by atoms with Crippen LogP contribution in [-0.4, -0.2) is 4.57 Å². The van der Waals surface area contributed by atoms with Gasteiger partial charge < -0.3 is 5.73 Å². The number of nitrogens with two attached hydrogens (primary N) is 1. The lowest BCUT2D eigenvalue weighted by molar-refractivity contribution is 0.702. The molecule has 1 heterocycles. The third-order valence-electron chi connectivity index (χ3n) is 4.31. The van der Waals surface area contributed by atoms with Gasteiger partial charge in [0.05, 0.1) is 0 Å². The fraction of sp³-hybridized carbons (Fsp3) is 0.389. The van der Waals surface area contributed by atoms with E-state index in [1.807, 2.05) is 22.8 Å². The van der Waals surface area contributed by atoms with Gasteiger partial charge in [-0.2, -0.15) is 0 Å². The first-order chi connectivity index (χ1) is 10.2. The van der Waals surface area contributed by atoms with Gasteiger partial charge in [-0.1, -0.05) is 18.6 Å². The Kier molecular flexibility index (Phi) is 3.93. The lowest BCUT2D eigenvalue weighted by Gasteiger charge is -2.17. The Morgan fingerprint density at radius 1 is 1.14 bits per heavy atom. The van der Waals surface area contributed by atoms with Crippen LogP contribution in [-0.2, 0) is 19.4 Å². The van der Waals surface area contributed by atoms with E-state index in [-0.39, 0.29) is 5.56 Å². The average molecular weight is 282 g/mol. The summed E-state index contributed by atoms with van der Waals surface area (Å²) in [5, 5.41) is 0. The molecule has 2 aromatic rings. The number of pyridine rings is 1. The molecule has 1 aliphatic rings. The lowest BCUT2D eigenvalue weighted by atomic mass is 10.0. The molecule has 2 N–H and O–H groups in total. The maximum absolute atomic E-state index is 12.8. The Morgan fingerprint density at radius 2 is 1.95 bits per heavy atom. The van der Waals surface area contributed by atoms with Crippen LogP contribution in [0.1, 0.15) is 41.6 Å². The average Bonchev–Trinajstić information content (AvgIpc) is 2.71. The number of benzene rings is 1. The molecule has 0 saturated heterocycles. The molecule has 0 bridgehead atoms. The molecule has 0 unspecified atom stereocenters. The molecule has 0 radical (unpaired) electrons. The van der Waals surface area contributed by atoms with E-state index in [0.717, 1.165) is 30.5 Å². The highest BCUT2D eigenvalue weighted by Gasteiger charge is 2.17. The quantitative estimate of drug-likeness (QED) is 0.861. The number of aromatic nitrogens is 1. The van der Waals surface area contributed by atoms with Crippen molar-refractivity contribution in [2.75, 3.05) is 0 Å². The summed E-state index contributed by atoms with van der Waals surface area (Å²) < 4.78 is 1.90. The zero-order valence-corrected chi connectivity index (χ0v) is 12.6. The zero-order valence-electron chi connectivity index (χ0n) is 12.6. The van der Waals surface area contributed by atoms with Gasteiger partial charge >= 0.3 is 0 Å². The van der Waals surface area contributed by atoms with Gasteiger partial charge in [0, 0.05) is 23.5 Å². The first kappa shape index (κ1) is 14.1. The van der Waals surface area contributed by atoms with Crippen molar-refractivity contribution in [3.8, 4) is 5.69 Å². The van der Waals surface area contributed by atoms with Crippen molar-refractivity contribution < 1.29 is 0 Å². The number of hydrogen-bond donors (Lipinski definition) is 1. The Morgan fingerprint density at radius 3 is 2.71 bits per heavy atom. The Labute approximate surface area is 125 Å². The fourth-order valence-electron chi connectivity index (χ4n) is 3.23. The minimum absolute atomic E-state index is 0.0451. The van der Waals surface area contributed by atoms with Gasteiger partial charge in [0.2, 0.25) is 0 Å². The lowest BCUT2D eigenvalue weighted by Crippen LogP contribution is -2.28. The molecule has 21 heavy (non-hydrogen) atoms. The predicted octanol–water partition coefficient (Wildman–Crippen LogP) is 2.87. The second-order valence-corrected chi connectivity index (χ2v) is 5.89. The second-order valence-electron chi connectivity index (χ2n) is 5.89. The third kappa shape index (κ3) is 2.66. The number of rotatable bonds is 2. The van der Waals surface area contributed by atoms with Gasteiger partial charge in [-0.05, 0) is 61.9 Å². The summed E-state index contributed by atoms with van der Waals surface area (Å²) in [6, 6.07) is 10.2. The predicted molar refractivity (Wildman–Crippen MR) is 85.9 cm³/mol. The van der Waals surface area contributed by atoms with Crippen molar-refractivity contribution in [3.63, 3.8) is 0 Å². The summed E-state index contributed by atoms with van der Waals surface area (Å²) in [5.41, 5.74) is 11.2. The van der Waals surface area contributed by atoms with Crippen molar-refractivity contribution in [1.82, 2.24) is 4.57 Å². The van der Waals surface area contributed by atoms with E-state index in [9.17, 15) is 4.79 Å². The van der Waals surface area contributed by atoms with E-state index in [1.165, 1.54) is 29.7 Å². The van der Waals surface area contributed by atoms with Gasteiger partial charge in [-0.3, -0.25) is 9.36 Å². The number of nitrogens with zero attached hydrogens (tertiary/aromatic N) is 1. The van der Waals surface area contributed by atoms with Crippen molar-refractivity contribution in [2.45, 2.75) is 45.6 Å². The van der Waals surface area contributed by atoms with Crippen molar-refractivity contribution in [1.29, 1.82) is 0 Å².